The van der Waals surface area contributed by atoms with Crippen molar-refractivity contribution in [3.05, 3.63) is 47.5 Å². The van der Waals surface area contributed by atoms with Crippen molar-refractivity contribution >= 4 is 10.8 Å². The molecule has 0 saturated carbocycles. The molecule has 3 heteroatoms. The van der Waals surface area contributed by atoms with Gasteiger partial charge in [-0.2, -0.15) is 0 Å². The Morgan fingerprint density at radius 1 is 1.14 bits per heavy atom. The minimum Gasteiger partial charge on any atom is -0.507 e. The van der Waals surface area contributed by atoms with E-state index in [2.05, 4.69) is 13.8 Å². The van der Waals surface area contributed by atoms with Gasteiger partial charge >= 0.3 is 0 Å². The minimum atomic E-state index is -0.299. The van der Waals surface area contributed by atoms with Crippen molar-refractivity contribution in [3.63, 3.8) is 0 Å². The van der Waals surface area contributed by atoms with Crippen LogP contribution >= 0.6 is 0 Å². The zero-order chi connectivity index (χ0) is 15.0. The van der Waals surface area contributed by atoms with Gasteiger partial charge in [0.25, 0.3) is 0 Å². The number of allylic oxidation sites excluding steroid dienone is 1. The number of hydrogen-bond acceptors (Lipinski definition) is 3. The summed E-state index contributed by atoms with van der Waals surface area (Å²) in [5, 5.41) is 22.5. The lowest BCUT2D eigenvalue weighted by Gasteiger charge is -2.25. The molecule has 1 atom stereocenters. The van der Waals surface area contributed by atoms with Gasteiger partial charge in [0.05, 0.1) is 6.61 Å². The largest absolute Gasteiger partial charge is 0.507 e. The van der Waals surface area contributed by atoms with Crippen LogP contribution in [-0.4, -0.2) is 16.8 Å². The van der Waals surface area contributed by atoms with Crippen LogP contribution in [0.2, 0.25) is 0 Å². The number of phenols is 2. The van der Waals surface area contributed by atoms with E-state index in [1.165, 1.54) is 0 Å². The first-order chi connectivity index (χ1) is 10.1. The van der Waals surface area contributed by atoms with Gasteiger partial charge in [-0.1, -0.05) is 50.3 Å². The highest BCUT2D eigenvalue weighted by Gasteiger charge is 2.26. The Labute approximate surface area is 124 Å². The number of rotatable bonds is 3. The molecular formula is C18H20O3. The summed E-state index contributed by atoms with van der Waals surface area (Å²) in [7, 11) is 0. The SMILES string of the molecule is CC(C)COC1C=CCc2c1c(O)c1ccccc1c2O. The van der Waals surface area contributed by atoms with E-state index in [0.717, 1.165) is 5.56 Å². The number of aromatic hydroxyl groups is 2. The van der Waals surface area contributed by atoms with Gasteiger partial charge in [-0.05, 0) is 12.3 Å². The average molecular weight is 284 g/mol. The fourth-order valence-corrected chi connectivity index (χ4v) is 2.83. The molecule has 0 spiro atoms. The highest BCUT2D eigenvalue weighted by atomic mass is 16.5. The average Bonchev–Trinajstić information content (AvgIpc) is 2.50. The summed E-state index contributed by atoms with van der Waals surface area (Å²) < 4.78 is 5.90. The van der Waals surface area contributed by atoms with Crippen molar-refractivity contribution in [3.8, 4) is 11.5 Å². The van der Waals surface area contributed by atoms with Crippen LogP contribution in [0.3, 0.4) is 0 Å². The van der Waals surface area contributed by atoms with Gasteiger partial charge in [-0.25, -0.2) is 0 Å². The molecule has 1 aliphatic rings. The summed E-state index contributed by atoms with van der Waals surface area (Å²) in [6.45, 7) is 4.79. The quantitative estimate of drug-likeness (QED) is 0.659. The maximum Gasteiger partial charge on any atom is 0.130 e. The molecule has 110 valence electrons. The summed E-state index contributed by atoms with van der Waals surface area (Å²) in [5.41, 5.74) is 1.47. The third kappa shape index (κ3) is 2.38. The smallest absolute Gasteiger partial charge is 0.130 e. The predicted molar refractivity (Wildman–Crippen MR) is 83.7 cm³/mol. The molecule has 2 aromatic rings. The zero-order valence-electron chi connectivity index (χ0n) is 12.3. The van der Waals surface area contributed by atoms with Crippen LogP contribution in [0, 0.1) is 5.92 Å². The maximum absolute atomic E-state index is 10.6. The first-order valence-corrected chi connectivity index (χ1v) is 7.33. The molecule has 2 N–H and O–H groups in total. The molecule has 0 fully saturated rings. The van der Waals surface area contributed by atoms with E-state index < -0.39 is 0 Å². The molecule has 1 unspecified atom stereocenters. The second kappa shape index (κ2) is 5.41. The maximum atomic E-state index is 10.6. The van der Waals surface area contributed by atoms with Crippen molar-refractivity contribution in [2.45, 2.75) is 26.4 Å². The third-order valence-corrected chi connectivity index (χ3v) is 3.83. The topological polar surface area (TPSA) is 49.7 Å². The van der Waals surface area contributed by atoms with Gasteiger partial charge in [-0.15, -0.1) is 0 Å². The molecule has 2 aromatic carbocycles. The molecule has 0 bridgehead atoms. The number of phenolic OH excluding ortho intramolecular Hbond substituents is 2. The molecular weight excluding hydrogens is 264 g/mol. The van der Waals surface area contributed by atoms with E-state index in [9.17, 15) is 10.2 Å². The molecule has 3 nitrogen and oxygen atoms in total. The van der Waals surface area contributed by atoms with E-state index in [1.54, 1.807) is 0 Å². The second-order valence-electron chi connectivity index (χ2n) is 5.92. The lowest BCUT2D eigenvalue weighted by atomic mass is 9.89. The van der Waals surface area contributed by atoms with Gasteiger partial charge in [0.1, 0.15) is 17.6 Å². The lowest BCUT2D eigenvalue weighted by Crippen LogP contribution is -2.12. The standard InChI is InChI=1S/C18H20O3/c1-11(2)10-21-15-9-5-8-14-16(15)18(20)13-7-4-3-6-12(13)17(14)19/h3-7,9,11,15,19-20H,8,10H2,1-2H3. The van der Waals surface area contributed by atoms with Gasteiger partial charge in [-0.3, -0.25) is 0 Å². The Morgan fingerprint density at radius 2 is 1.81 bits per heavy atom. The fraction of sp³-hybridized carbons (Fsp3) is 0.333. The van der Waals surface area contributed by atoms with Crippen LogP contribution in [0.4, 0.5) is 0 Å². The van der Waals surface area contributed by atoms with E-state index in [-0.39, 0.29) is 17.6 Å². The lowest BCUT2D eigenvalue weighted by molar-refractivity contribution is 0.0618. The van der Waals surface area contributed by atoms with Crippen molar-refractivity contribution in [1.82, 2.24) is 0 Å². The van der Waals surface area contributed by atoms with Gasteiger partial charge in [0.15, 0.2) is 0 Å². The van der Waals surface area contributed by atoms with Crippen molar-refractivity contribution in [2.24, 2.45) is 5.92 Å². The van der Waals surface area contributed by atoms with Crippen LogP contribution in [0.15, 0.2) is 36.4 Å². The summed E-state index contributed by atoms with van der Waals surface area (Å²) in [5.74, 6) is 0.886. The summed E-state index contributed by atoms with van der Waals surface area (Å²) in [6.07, 6.45) is 4.26. The molecule has 0 amide bonds. The molecule has 0 aliphatic heterocycles. The molecule has 0 radical (unpaired) electrons. The molecule has 0 heterocycles. The Bertz CT molecular complexity index is 701. The summed E-state index contributed by atoms with van der Waals surface area (Å²) in [6, 6.07) is 7.37. The minimum absolute atomic E-state index is 0.219. The number of ether oxygens (including phenoxy) is 1. The van der Waals surface area contributed by atoms with Gasteiger partial charge in [0.2, 0.25) is 0 Å². The number of hydrogen-bond donors (Lipinski definition) is 2. The van der Waals surface area contributed by atoms with E-state index in [1.807, 2.05) is 36.4 Å². The van der Waals surface area contributed by atoms with Crippen LogP contribution < -0.4 is 0 Å². The Balaban J connectivity index is 2.15. The monoisotopic (exact) mass is 284 g/mol. The Morgan fingerprint density at radius 3 is 2.48 bits per heavy atom. The Hall–Kier alpha value is -2.00. The van der Waals surface area contributed by atoms with Gasteiger partial charge < -0.3 is 14.9 Å². The van der Waals surface area contributed by atoms with E-state index in [4.69, 9.17) is 4.74 Å². The first kappa shape index (κ1) is 14.0. The van der Waals surface area contributed by atoms with E-state index in [0.29, 0.717) is 35.3 Å². The van der Waals surface area contributed by atoms with Crippen LogP contribution in [-0.2, 0) is 11.2 Å². The predicted octanol–water partition coefficient (Wildman–Crippen LogP) is 4.08. The third-order valence-electron chi connectivity index (χ3n) is 3.83. The normalized spacial score (nSPS) is 17.4. The fourth-order valence-electron chi connectivity index (χ4n) is 2.83. The Kier molecular flexibility index (Phi) is 3.60. The molecule has 21 heavy (non-hydrogen) atoms. The van der Waals surface area contributed by atoms with Gasteiger partial charge in [0, 0.05) is 21.9 Å². The summed E-state index contributed by atoms with van der Waals surface area (Å²) in [4.78, 5) is 0. The van der Waals surface area contributed by atoms with Crippen LogP contribution in [0.25, 0.3) is 10.8 Å². The van der Waals surface area contributed by atoms with Crippen molar-refractivity contribution < 1.29 is 14.9 Å². The highest BCUT2D eigenvalue weighted by Crippen LogP contribution is 2.45. The van der Waals surface area contributed by atoms with Crippen LogP contribution in [0.1, 0.15) is 31.1 Å². The van der Waals surface area contributed by atoms with E-state index >= 15 is 0 Å². The second-order valence-corrected chi connectivity index (χ2v) is 5.92. The summed E-state index contributed by atoms with van der Waals surface area (Å²) >= 11 is 0. The van der Waals surface area contributed by atoms with Crippen molar-refractivity contribution in [2.75, 3.05) is 6.61 Å². The number of benzene rings is 2. The molecule has 1 aliphatic carbocycles. The first-order valence-electron chi connectivity index (χ1n) is 7.33. The van der Waals surface area contributed by atoms with Crippen LogP contribution in [0.5, 0.6) is 11.5 Å². The zero-order valence-corrected chi connectivity index (χ0v) is 12.3. The highest BCUT2D eigenvalue weighted by molar-refractivity contribution is 5.96. The molecule has 0 saturated heterocycles. The van der Waals surface area contributed by atoms with Crippen molar-refractivity contribution in [1.29, 1.82) is 0 Å². The molecule has 0 aromatic heterocycles. The number of fused-ring (bicyclic) bond motifs is 2. The molecule has 3 rings (SSSR count).